The normalized spacial score (nSPS) is 19.3. The lowest BCUT2D eigenvalue weighted by Gasteiger charge is -2.37. The van der Waals surface area contributed by atoms with Crippen molar-refractivity contribution in [2.45, 2.75) is 84.1 Å². The highest BCUT2D eigenvalue weighted by atomic mass is 31.2. The first-order valence-electron chi connectivity index (χ1n) is 16.8. The van der Waals surface area contributed by atoms with Crippen molar-refractivity contribution in [2.75, 3.05) is 34.1 Å². The summed E-state index contributed by atoms with van der Waals surface area (Å²) in [5.41, 5.74) is -0.470. The summed E-state index contributed by atoms with van der Waals surface area (Å²) in [6, 6.07) is 4.68. The Morgan fingerprint density at radius 3 is 2.62 bits per heavy atom. The molecule has 5 unspecified atom stereocenters. The van der Waals surface area contributed by atoms with Crippen molar-refractivity contribution in [3.8, 4) is 17.6 Å². The van der Waals surface area contributed by atoms with Gasteiger partial charge in [0.25, 0.3) is 19.8 Å². The zero-order valence-corrected chi connectivity index (χ0v) is 31.2. The molecule has 1 aromatic carbocycles. The van der Waals surface area contributed by atoms with Crippen molar-refractivity contribution in [3.63, 3.8) is 0 Å². The fourth-order valence-corrected chi connectivity index (χ4v) is 7.47. The highest BCUT2D eigenvalue weighted by Crippen LogP contribution is 2.50. The van der Waals surface area contributed by atoms with Gasteiger partial charge in [-0.25, -0.2) is 19.1 Å². The maximum atomic E-state index is 13.0. The van der Waals surface area contributed by atoms with Crippen LogP contribution in [0.2, 0.25) is 0 Å². The maximum Gasteiger partial charge on any atom is 0.508 e. The molecule has 1 fully saturated rings. The van der Waals surface area contributed by atoms with Gasteiger partial charge in [0, 0.05) is 32.6 Å². The summed E-state index contributed by atoms with van der Waals surface area (Å²) >= 11 is 0. The summed E-state index contributed by atoms with van der Waals surface area (Å²) in [4.78, 5) is 50.1. The lowest BCUT2D eigenvalue weighted by Crippen LogP contribution is -2.37. The molecule has 286 valence electrons. The van der Waals surface area contributed by atoms with Crippen LogP contribution in [0.1, 0.15) is 65.4 Å². The second kappa shape index (κ2) is 17.3. The number of benzene rings is 1. The monoisotopic (exact) mass is 759 g/mol. The van der Waals surface area contributed by atoms with Crippen LogP contribution in [0.25, 0.3) is 11.0 Å². The van der Waals surface area contributed by atoms with Crippen molar-refractivity contribution in [2.24, 2.45) is 4.99 Å². The third kappa shape index (κ3) is 9.36. The molecule has 0 aliphatic carbocycles. The van der Waals surface area contributed by atoms with Gasteiger partial charge in [-0.1, -0.05) is 0 Å². The summed E-state index contributed by atoms with van der Waals surface area (Å²) in [5.74, 6) is 0.549. The standard InChI is InChI=1S/C32H42N9O11P/c1-18(2)40(19(3)4)53(49-10-8-9-33)52-26-13-28(39-29-22(14-35-39)30(42)37-31(36-29)34-16-38(6)7)51-27(26)15-46-32(43)50-20(5)21-11-24-25(48-17-47-24)12-23(21)41(44)45/h11-12,14,16,18-20,26-28H,8,10,13,15,17H2,1-7H3,(H,36,37,42). The van der Waals surface area contributed by atoms with Gasteiger partial charge in [0.1, 0.15) is 24.2 Å². The van der Waals surface area contributed by atoms with Gasteiger partial charge in [-0.2, -0.15) is 15.3 Å². The van der Waals surface area contributed by atoms with E-state index >= 15 is 0 Å². The number of nitro groups is 1. The Bertz CT molecular complexity index is 1900. The summed E-state index contributed by atoms with van der Waals surface area (Å²) < 4.78 is 44.2. The first-order chi connectivity index (χ1) is 25.3. The van der Waals surface area contributed by atoms with E-state index in [0.29, 0.717) is 0 Å². The summed E-state index contributed by atoms with van der Waals surface area (Å²) in [7, 11) is 1.80. The predicted octanol–water partition coefficient (Wildman–Crippen LogP) is 4.84. The van der Waals surface area contributed by atoms with E-state index in [2.05, 4.69) is 26.1 Å². The van der Waals surface area contributed by atoms with Crippen molar-refractivity contribution in [3.05, 3.63) is 44.4 Å². The quantitative estimate of drug-likeness (QED) is 0.0391. The largest absolute Gasteiger partial charge is 0.508 e. The van der Waals surface area contributed by atoms with Crippen LogP contribution < -0.4 is 15.0 Å². The smallest absolute Gasteiger partial charge is 0.454 e. The fourth-order valence-electron chi connectivity index (χ4n) is 5.71. The molecule has 0 amide bonds. The molecule has 0 spiro atoms. The highest BCUT2D eigenvalue weighted by Gasteiger charge is 2.43. The van der Waals surface area contributed by atoms with Gasteiger partial charge < -0.3 is 37.6 Å². The fraction of sp³-hybridized carbons (Fsp3) is 0.562. The minimum absolute atomic E-state index is 0.000146. The number of nitriles is 1. The molecule has 0 radical (unpaired) electrons. The number of aromatic amines is 1. The minimum Gasteiger partial charge on any atom is -0.454 e. The lowest BCUT2D eigenvalue weighted by molar-refractivity contribution is -0.386. The molecule has 5 rings (SSSR count). The molecular formula is C32H42N9O11P. The van der Waals surface area contributed by atoms with Gasteiger partial charge >= 0.3 is 6.16 Å². The summed E-state index contributed by atoms with van der Waals surface area (Å²) in [5, 5.41) is 25.6. The van der Waals surface area contributed by atoms with Gasteiger partial charge in [0.15, 0.2) is 23.4 Å². The second-order valence-electron chi connectivity index (χ2n) is 12.8. The zero-order valence-electron chi connectivity index (χ0n) is 30.3. The van der Waals surface area contributed by atoms with Crippen molar-refractivity contribution in [1.82, 2.24) is 29.3 Å². The number of nitrogens with one attached hydrogen (secondary N) is 1. The molecule has 2 aliphatic rings. The number of aromatic nitrogens is 4. The molecule has 1 saturated heterocycles. The van der Waals surface area contributed by atoms with E-state index in [1.807, 2.05) is 32.4 Å². The zero-order chi connectivity index (χ0) is 38.4. The van der Waals surface area contributed by atoms with E-state index in [1.165, 1.54) is 36.3 Å². The van der Waals surface area contributed by atoms with Gasteiger partial charge in [-0.3, -0.25) is 19.9 Å². The van der Waals surface area contributed by atoms with Crippen LogP contribution in [-0.2, 0) is 23.3 Å². The number of nitrogens with zero attached hydrogens (tertiary/aromatic N) is 8. The van der Waals surface area contributed by atoms with Crippen LogP contribution in [0.15, 0.2) is 28.1 Å². The van der Waals surface area contributed by atoms with Crippen LogP contribution in [0, 0.1) is 21.4 Å². The van der Waals surface area contributed by atoms with Gasteiger partial charge in [0.2, 0.25) is 12.7 Å². The molecule has 21 heteroatoms. The Balaban J connectivity index is 1.39. The Hall–Kier alpha value is -4.93. The van der Waals surface area contributed by atoms with Crippen LogP contribution >= 0.6 is 8.53 Å². The van der Waals surface area contributed by atoms with E-state index in [9.17, 15) is 25.0 Å². The van der Waals surface area contributed by atoms with Gasteiger partial charge in [-0.05, 0) is 40.7 Å². The number of fused-ring (bicyclic) bond motifs is 2. The SMILES string of the molecule is CC(OC(=O)OCC1OC(n2ncc3c(=O)[nH]c(N=CN(C)C)nc32)CC1OP(OCCC#N)N(C(C)C)C(C)C)c1cc2c(cc1[N+](=O)[O-])OCO2. The summed E-state index contributed by atoms with van der Waals surface area (Å²) in [6.45, 7) is 9.13. The molecule has 20 nitrogen and oxygen atoms in total. The molecule has 4 heterocycles. The number of carbonyl (C=O) groups is 1. The van der Waals surface area contributed by atoms with Gasteiger partial charge in [0.05, 0.1) is 54.3 Å². The van der Waals surface area contributed by atoms with E-state index in [0.717, 1.165) is 0 Å². The molecule has 53 heavy (non-hydrogen) atoms. The predicted molar refractivity (Wildman–Crippen MR) is 189 cm³/mol. The molecular weight excluding hydrogens is 717 g/mol. The Kier molecular flexibility index (Phi) is 12.8. The number of carbonyl (C=O) groups excluding carboxylic acids is 1. The second-order valence-corrected chi connectivity index (χ2v) is 14.2. The third-order valence-corrected chi connectivity index (χ3v) is 10.2. The van der Waals surface area contributed by atoms with E-state index in [-0.39, 0.29) is 84.7 Å². The summed E-state index contributed by atoms with van der Waals surface area (Å²) in [6.07, 6.45) is -1.52. The Morgan fingerprint density at radius 2 is 1.96 bits per heavy atom. The molecule has 0 bridgehead atoms. The number of hydrogen-bond acceptors (Lipinski definition) is 16. The first-order valence-corrected chi connectivity index (χ1v) is 17.9. The number of H-pyrrole nitrogens is 1. The van der Waals surface area contributed by atoms with Gasteiger partial charge in [-0.15, -0.1) is 0 Å². The number of nitro benzene ring substituents is 1. The number of rotatable bonds is 16. The van der Waals surface area contributed by atoms with E-state index < -0.39 is 49.7 Å². The Morgan fingerprint density at radius 1 is 1.25 bits per heavy atom. The van der Waals surface area contributed by atoms with Crippen LogP contribution in [0.4, 0.5) is 16.4 Å². The molecule has 2 aromatic heterocycles. The molecule has 0 saturated carbocycles. The van der Waals surface area contributed by atoms with Crippen molar-refractivity contribution >= 4 is 43.7 Å². The van der Waals surface area contributed by atoms with Crippen LogP contribution in [-0.4, -0.2) is 105 Å². The average molecular weight is 760 g/mol. The van der Waals surface area contributed by atoms with Crippen molar-refractivity contribution < 1.29 is 42.4 Å². The minimum atomic E-state index is -1.75. The molecule has 1 N–H and O–H groups in total. The lowest BCUT2D eigenvalue weighted by atomic mass is 10.1. The van der Waals surface area contributed by atoms with E-state index in [4.69, 9.17) is 32.7 Å². The third-order valence-electron chi connectivity index (χ3n) is 8.00. The number of hydrogen-bond donors (Lipinski definition) is 1. The molecule has 2 aliphatic heterocycles. The average Bonchev–Trinajstić information content (AvgIpc) is 3.84. The van der Waals surface area contributed by atoms with E-state index in [1.54, 1.807) is 19.0 Å². The Labute approximate surface area is 305 Å². The van der Waals surface area contributed by atoms with Crippen LogP contribution in [0.5, 0.6) is 11.5 Å². The van der Waals surface area contributed by atoms with Crippen LogP contribution in [0.3, 0.4) is 0 Å². The molecule has 5 atom stereocenters. The first kappa shape index (κ1) is 39.3. The molecule has 3 aromatic rings. The maximum absolute atomic E-state index is 13.0. The number of aliphatic imine (C=N–C) groups is 1. The topological polar surface area (TPSA) is 231 Å². The highest BCUT2D eigenvalue weighted by molar-refractivity contribution is 7.44. The number of ether oxygens (including phenoxy) is 5. The van der Waals surface area contributed by atoms with Crippen molar-refractivity contribution in [1.29, 1.82) is 5.26 Å².